The monoisotopic (exact) mass is 294 g/mol. The summed E-state index contributed by atoms with van der Waals surface area (Å²) in [6.07, 6.45) is 3.73. The second kappa shape index (κ2) is 5.84. The fraction of sp³-hybridized carbons (Fsp3) is 0.750. The number of anilines is 1. The Morgan fingerprint density at radius 2 is 2.00 bits per heavy atom. The zero-order chi connectivity index (χ0) is 14.9. The van der Waals surface area contributed by atoms with E-state index in [1.807, 2.05) is 6.92 Å². The van der Waals surface area contributed by atoms with Crippen LogP contribution in [0.4, 0.5) is 5.13 Å². The maximum atomic E-state index is 11.6. The molecule has 0 N–H and O–H groups in total. The SMILES string of the molecule is CC(=O)c1sc(N2CCCC(C(C)(C)C)CC2)nc1C. The highest BCUT2D eigenvalue weighted by molar-refractivity contribution is 7.17. The summed E-state index contributed by atoms with van der Waals surface area (Å²) in [7, 11) is 0. The Kier molecular flexibility index (Phi) is 4.52. The molecule has 4 heteroatoms. The van der Waals surface area contributed by atoms with E-state index in [9.17, 15) is 4.79 Å². The minimum Gasteiger partial charge on any atom is -0.348 e. The summed E-state index contributed by atoms with van der Waals surface area (Å²) >= 11 is 1.56. The molecule has 0 amide bonds. The Morgan fingerprint density at radius 1 is 1.30 bits per heavy atom. The fourth-order valence-corrected chi connectivity index (χ4v) is 4.01. The molecule has 0 saturated carbocycles. The average molecular weight is 294 g/mol. The summed E-state index contributed by atoms with van der Waals surface area (Å²) in [5, 5.41) is 1.03. The number of ketones is 1. The molecule has 1 aliphatic rings. The topological polar surface area (TPSA) is 33.2 Å². The van der Waals surface area contributed by atoms with E-state index in [0.717, 1.165) is 34.7 Å². The van der Waals surface area contributed by atoms with E-state index in [0.29, 0.717) is 5.41 Å². The summed E-state index contributed by atoms with van der Waals surface area (Å²) in [6, 6.07) is 0. The van der Waals surface area contributed by atoms with Gasteiger partial charge in [-0.1, -0.05) is 32.1 Å². The second-order valence-electron chi connectivity index (χ2n) is 6.95. The third-order valence-electron chi connectivity index (χ3n) is 4.33. The normalized spacial score (nSPS) is 20.9. The van der Waals surface area contributed by atoms with Gasteiger partial charge in [-0.2, -0.15) is 0 Å². The van der Waals surface area contributed by atoms with Crippen LogP contribution in [0, 0.1) is 18.3 Å². The standard InChI is InChI=1S/C16H26N2OS/c1-11-14(12(2)19)20-15(17-11)18-9-6-7-13(8-10-18)16(3,4)5/h13H,6-10H2,1-5H3. The Bertz CT molecular complexity index is 487. The van der Waals surface area contributed by atoms with E-state index >= 15 is 0 Å². The molecule has 1 aromatic rings. The van der Waals surface area contributed by atoms with Gasteiger partial charge in [-0.05, 0) is 37.5 Å². The van der Waals surface area contributed by atoms with Crippen molar-refractivity contribution in [1.29, 1.82) is 0 Å². The van der Waals surface area contributed by atoms with E-state index in [1.165, 1.54) is 19.3 Å². The molecule has 20 heavy (non-hydrogen) atoms. The molecule has 1 atom stereocenters. The Morgan fingerprint density at radius 3 is 2.55 bits per heavy atom. The molecule has 1 fully saturated rings. The van der Waals surface area contributed by atoms with Crippen LogP contribution in [0.1, 0.15) is 62.3 Å². The highest BCUT2D eigenvalue weighted by atomic mass is 32.1. The number of Topliss-reactive ketones (excluding diaryl/α,β-unsaturated/α-hetero) is 1. The van der Waals surface area contributed by atoms with Crippen LogP contribution in [0.2, 0.25) is 0 Å². The van der Waals surface area contributed by atoms with Gasteiger partial charge >= 0.3 is 0 Å². The quantitative estimate of drug-likeness (QED) is 0.762. The van der Waals surface area contributed by atoms with Crippen LogP contribution in [0.5, 0.6) is 0 Å². The highest BCUT2D eigenvalue weighted by Gasteiger charge is 2.28. The van der Waals surface area contributed by atoms with Crippen molar-refractivity contribution >= 4 is 22.3 Å². The summed E-state index contributed by atoms with van der Waals surface area (Å²) in [5.41, 5.74) is 1.27. The van der Waals surface area contributed by atoms with E-state index in [4.69, 9.17) is 0 Å². The average Bonchev–Trinajstić information content (AvgIpc) is 2.58. The second-order valence-corrected chi connectivity index (χ2v) is 7.93. The van der Waals surface area contributed by atoms with E-state index in [1.54, 1.807) is 18.3 Å². The van der Waals surface area contributed by atoms with Crippen molar-refractivity contribution in [2.24, 2.45) is 11.3 Å². The molecule has 1 unspecified atom stereocenters. The molecular formula is C16H26N2OS. The smallest absolute Gasteiger partial charge is 0.186 e. The summed E-state index contributed by atoms with van der Waals surface area (Å²) in [5.74, 6) is 0.912. The van der Waals surface area contributed by atoms with Crippen molar-refractivity contribution in [3.8, 4) is 0 Å². The molecule has 0 bridgehead atoms. The molecule has 3 nitrogen and oxygen atoms in total. The van der Waals surface area contributed by atoms with Crippen molar-refractivity contribution in [2.75, 3.05) is 18.0 Å². The van der Waals surface area contributed by atoms with Crippen molar-refractivity contribution in [1.82, 2.24) is 4.98 Å². The van der Waals surface area contributed by atoms with Crippen molar-refractivity contribution in [2.45, 2.75) is 53.9 Å². The molecule has 1 saturated heterocycles. The van der Waals surface area contributed by atoms with Crippen LogP contribution in [-0.2, 0) is 0 Å². The highest BCUT2D eigenvalue weighted by Crippen LogP contribution is 2.36. The molecule has 0 radical (unpaired) electrons. The van der Waals surface area contributed by atoms with E-state index in [2.05, 4.69) is 30.7 Å². The van der Waals surface area contributed by atoms with Crippen LogP contribution in [0.25, 0.3) is 0 Å². The lowest BCUT2D eigenvalue weighted by Gasteiger charge is -2.29. The number of thiazole rings is 1. The lowest BCUT2D eigenvalue weighted by molar-refractivity contribution is 0.102. The third kappa shape index (κ3) is 3.40. The maximum absolute atomic E-state index is 11.6. The Balaban J connectivity index is 2.11. The van der Waals surface area contributed by atoms with Gasteiger partial charge < -0.3 is 4.90 Å². The fourth-order valence-electron chi connectivity index (χ4n) is 3.00. The van der Waals surface area contributed by atoms with Gasteiger partial charge in [0.05, 0.1) is 10.6 Å². The van der Waals surface area contributed by atoms with Crippen LogP contribution in [0.15, 0.2) is 0 Å². The predicted octanol–water partition coefficient (Wildman–Crippen LogP) is 4.31. The number of carbonyl (C=O) groups is 1. The van der Waals surface area contributed by atoms with Gasteiger partial charge in [0.1, 0.15) is 0 Å². The van der Waals surface area contributed by atoms with Gasteiger partial charge in [-0.3, -0.25) is 4.79 Å². The lowest BCUT2D eigenvalue weighted by Crippen LogP contribution is -2.25. The zero-order valence-electron chi connectivity index (χ0n) is 13.3. The summed E-state index contributed by atoms with van der Waals surface area (Å²) in [6.45, 7) is 12.7. The van der Waals surface area contributed by atoms with Gasteiger partial charge in [-0.15, -0.1) is 0 Å². The number of carbonyl (C=O) groups excluding carboxylic acids is 1. The number of hydrogen-bond donors (Lipinski definition) is 0. The first-order valence-electron chi connectivity index (χ1n) is 7.52. The molecule has 2 rings (SSSR count). The largest absolute Gasteiger partial charge is 0.348 e. The summed E-state index contributed by atoms with van der Waals surface area (Å²) in [4.78, 5) is 19.4. The molecule has 2 heterocycles. The van der Waals surface area contributed by atoms with Gasteiger partial charge in [-0.25, -0.2) is 4.98 Å². The third-order valence-corrected chi connectivity index (χ3v) is 5.65. The summed E-state index contributed by atoms with van der Waals surface area (Å²) < 4.78 is 0. The zero-order valence-corrected chi connectivity index (χ0v) is 14.1. The molecule has 0 spiro atoms. The van der Waals surface area contributed by atoms with Crippen molar-refractivity contribution in [3.05, 3.63) is 10.6 Å². The van der Waals surface area contributed by atoms with E-state index in [-0.39, 0.29) is 5.78 Å². The van der Waals surface area contributed by atoms with Gasteiger partial charge in [0.25, 0.3) is 0 Å². The Labute approximate surface area is 126 Å². The molecule has 1 aromatic heterocycles. The minimum absolute atomic E-state index is 0.133. The van der Waals surface area contributed by atoms with Gasteiger partial charge in [0.2, 0.25) is 0 Å². The van der Waals surface area contributed by atoms with Gasteiger partial charge in [0.15, 0.2) is 10.9 Å². The molecule has 0 aromatic carbocycles. The number of hydrogen-bond acceptors (Lipinski definition) is 4. The predicted molar refractivity (Wildman–Crippen MR) is 85.9 cm³/mol. The first-order chi connectivity index (χ1) is 9.29. The van der Waals surface area contributed by atoms with Crippen LogP contribution >= 0.6 is 11.3 Å². The van der Waals surface area contributed by atoms with E-state index < -0.39 is 0 Å². The molecule has 112 valence electrons. The van der Waals surface area contributed by atoms with Crippen LogP contribution < -0.4 is 4.90 Å². The van der Waals surface area contributed by atoms with Gasteiger partial charge in [0, 0.05) is 20.0 Å². The lowest BCUT2D eigenvalue weighted by atomic mass is 9.77. The first kappa shape index (κ1) is 15.5. The van der Waals surface area contributed by atoms with Crippen LogP contribution in [0.3, 0.4) is 0 Å². The van der Waals surface area contributed by atoms with Crippen LogP contribution in [-0.4, -0.2) is 23.9 Å². The number of nitrogens with zero attached hydrogens (tertiary/aromatic N) is 2. The van der Waals surface area contributed by atoms with Crippen molar-refractivity contribution < 1.29 is 4.79 Å². The molecule has 0 aliphatic carbocycles. The maximum Gasteiger partial charge on any atom is 0.186 e. The van der Waals surface area contributed by atoms with Crippen molar-refractivity contribution in [3.63, 3.8) is 0 Å². The molecular weight excluding hydrogens is 268 g/mol. The first-order valence-corrected chi connectivity index (χ1v) is 8.34. The molecule has 1 aliphatic heterocycles. The Hall–Kier alpha value is -0.900. The minimum atomic E-state index is 0.133. The number of rotatable bonds is 2. The number of aryl methyl sites for hydroxylation is 1. The number of aromatic nitrogens is 1.